The molecule has 1 aliphatic rings. The second-order valence-corrected chi connectivity index (χ2v) is 8.95. The first-order chi connectivity index (χ1) is 14.0. The van der Waals surface area contributed by atoms with E-state index in [1.54, 1.807) is 0 Å². The number of nitrogens with zero attached hydrogens (tertiary/aromatic N) is 2. The van der Waals surface area contributed by atoms with Crippen LogP contribution in [-0.2, 0) is 22.6 Å². The van der Waals surface area contributed by atoms with Gasteiger partial charge in [-0.25, -0.2) is 4.98 Å². The van der Waals surface area contributed by atoms with Gasteiger partial charge in [-0.15, -0.1) is 11.3 Å². The van der Waals surface area contributed by atoms with Crippen LogP contribution in [0.3, 0.4) is 0 Å². The van der Waals surface area contributed by atoms with Crippen molar-refractivity contribution in [1.82, 2.24) is 15.2 Å². The second-order valence-electron chi connectivity index (χ2n) is 8.09. The van der Waals surface area contributed by atoms with Gasteiger partial charge >= 0.3 is 0 Å². The predicted octanol–water partition coefficient (Wildman–Crippen LogP) is 3.31. The Labute approximate surface area is 176 Å². The Kier molecular flexibility index (Phi) is 7.77. The van der Waals surface area contributed by atoms with E-state index in [0.717, 1.165) is 30.9 Å². The number of nitrogens with one attached hydrogen (secondary N) is 2. The molecule has 156 valence electrons. The van der Waals surface area contributed by atoms with Gasteiger partial charge in [0.15, 0.2) is 5.13 Å². The fourth-order valence-electron chi connectivity index (χ4n) is 3.93. The minimum absolute atomic E-state index is 0.0782. The Morgan fingerprint density at radius 1 is 1.14 bits per heavy atom. The lowest BCUT2D eigenvalue weighted by molar-refractivity contribution is -0.120. The van der Waals surface area contributed by atoms with Crippen molar-refractivity contribution in [1.29, 1.82) is 0 Å². The van der Waals surface area contributed by atoms with Gasteiger partial charge in [-0.2, -0.15) is 0 Å². The van der Waals surface area contributed by atoms with Crippen LogP contribution in [0.5, 0.6) is 0 Å². The lowest BCUT2D eigenvalue weighted by Gasteiger charge is -2.34. The van der Waals surface area contributed by atoms with Gasteiger partial charge in [-0.3, -0.25) is 14.5 Å². The molecule has 1 aromatic carbocycles. The van der Waals surface area contributed by atoms with E-state index < -0.39 is 0 Å². The van der Waals surface area contributed by atoms with Crippen molar-refractivity contribution in [2.75, 3.05) is 25.0 Å². The van der Waals surface area contributed by atoms with Gasteiger partial charge in [0.05, 0.1) is 12.1 Å². The van der Waals surface area contributed by atoms with E-state index >= 15 is 0 Å². The molecule has 0 bridgehead atoms. The number of carbonyl (C=O) groups is 2. The maximum absolute atomic E-state index is 12.1. The zero-order valence-corrected chi connectivity index (χ0v) is 18.0. The summed E-state index contributed by atoms with van der Waals surface area (Å²) in [5.74, 6) is 1.22. The first kappa shape index (κ1) is 21.5. The van der Waals surface area contributed by atoms with Crippen LogP contribution in [0.2, 0.25) is 0 Å². The van der Waals surface area contributed by atoms with E-state index in [1.165, 1.54) is 17.8 Å². The molecule has 29 heavy (non-hydrogen) atoms. The molecule has 3 rings (SSSR count). The summed E-state index contributed by atoms with van der Waals surface area (Å²) in [5.41, 5.74) is 1.96. The summed E-state index contributed by atoms with van der Waals surface area (Å²) in [7, 11) is 0. The molecule has 0 aliphatic carbocycles. The third-order valence-corrected chi connectivity index (χ3v) is 5.82. The molecule has 2 N–H and O–H groups in total. The van der Waals surface area contributed by atoms with Gasteiger partial charge in [-0.1, -0.05) is 44.2 Å². The molecule has 0 saturated carbocycles. The Morgan fingerprint density at radius 2 is 1.86 bits per heavy atom. The largest absolute Gasteiger partial charge is 0.355 e. The van der Waals surface area contributed by atoms with Crippen molar-refractivity contribution in [3.63, 3.8) is 0 Å². The molecule has 1 saturated heterocycles. The maximum atomic E-state index is 12.1. The molecule has 1 fully saturated rings. The quantitative estimate of drug-likeness (QED) is 0.695. The average molecular weight is 415 g/mol. The van der Waals surface area contributed by atoms with E-state index in [0.29, 0.717) is 29.9 Å². The van der Waals surface area contributed by atoms with Gasteiger partial charge < -0.3 is 10.6 Å². The van der Waals surface area contributed by atoms with E-state index in [-0.39, 0.29) is 18.2 Å². The molecular weight excluding hydrogens is 384 g/mol. The standard InChI is InChI=1S/C22H30N4O2S/c1-16-10-17(2)13-26(12-16)14-19-15-29-22(24-19)25-20(27)8-9-23-21(28)11-18-6-4-3-5-7-18/h3-7,15-17H,8-14H2,1-2H3,(H,23,28)(H,24,25,27)/t16-,17-/m0/s1. The number of anilines is 1. The fraction of sp³-hybridized carbons (Fsp3) is 0.500. The average Bonchev–Trinajstić information content (AvgIpc) is 3.08. The summed E-state index contributed by atoms with van der Waals surface area (Å²) < 4.78 is 0. The van der Waals surface area contributed by atoms with Crippen molar-refractivity contribution in [3.8, 4) is 0 Å². The zero-order valence-electron chi connectivity index (χ0n) is 17.2. The highest BCUT2D eigenvalue weighted by Gasteiger charge is 2.22. The van der Waals surface area contributed by atoms with Gasteiger partial charge in [-0.05, 0) is 23.8 Å². The molecule has 2 atom stereocenters. The summed E-state index contributed by atoms with van der Waals surface area (Å²) in [6.45, 7) is 7.95. The first-order valence-electron chi connectivity index (χ1n) is 10.2. The maximum Gasteiger partial charge on any atom is 0.227 e. The van der Waals surface area contributed by atoms with E-state index in [9.17, 15) is 9.59 Å². The predicted molar refractivity (Wildman–Crippen MR) is 117 cm³/mol. The summed E-state index contributed by atoms with van der Waals surface area (Å²) >= 11 is 1.45. The number of aromatic nitrogens is 1. The lowest BCUT2D eigenvalue weighted by Crippen LogP contribution is -2.38. The van der Waals surface area contributed by atoms with Crippen LogP contribution in [-0.4, -0.2) is 41.3 Å². The number of carbonyl (C=O) groups excluding carboxylic acids is 2. The van der Waals surface area contributed by atoms with Crippen molar-refractivity contribution in [3.05, 3.63) is 47.0 Å². The number of hydrogen-bond acceptors (Lipinski definition) is 5. The highest BCUT2D eigenvalue weighted by atomic mass is 32.1. The number of rotatable bonds is 8. The summed E-state index contributed by atoms with van der Waals surface area (Å²) in [5, 5.41) is 8.27. The second kappa shape index (κ2) is 10.5. The molecule has 0 spiro atoms. The van der Waals surface area contributed by atoms with Crippen molar-refractivity contribution < 1.29 is 9.59 Å². The van der Waals surface area contributed by atoms with Crippen LogP contribution in [0.15, 0.2) is 35.7 Å². The molecule has 6 nitrogen and oxygen atoms in total. The zero-order chi connectivity index (χ0) is 20.6. The molecule has 7 heteroatoms. The van der Waals surface area contributed by atoms with E-state index in [2.05, 4.69) is 34.4 Å². The molecule has 1 aromatic heterocycles. The van der Waals surface area contributed by atoms with Crippen LogP contribution >= 0.6 is 11.3 Å². The number of benzene rings is 1. The number of amides is 2. The highest BCUT2D eigenvalue weighted by Crippen LogP contribution is 2.24. The molecule has 2 aromatic rings. The molecule has 1 aliphatic heterocycles. The topological polar surface area (TPSA) is 74.3 Å². The lowest BCUT2D eigenvalue weighted by atomic mass is 9.92. The van der Waals surface area contributed by atoms with Crippen molar-refractivity contribution >= 4 is 28.3 Å². The smallest absolute Gasteiger partial charge is 0.227 e. The summed E-state index contributed by atoms with van der Waals surface area (Å²) in [6.07, 6.45) is 1.85. The van der Waals surface area contributed by atoms with Gasteiger partial charge in [0.1, 0.15) is 0 Å². The van der Waals surface area contributed by atoms with Crippen molar-refractivity contribution in [2.24, 2.45) is 11.8 Å². The molecule has 2 heterocycles. The SMILES string of the molecule is C[C@H]1C[C@H](C)CN(Cc2csc(NC(=O)CCNC(=O)Cc3ccccc3)n2)C1. The van der Waals surface area contributed by atoms with Crippen LogP contribution in [0.4, 0.5) is 5.13 Å². The van der Waals surface area contributed by atoms with Gasteiger partial charge in [0.25, 0.3) is 0 Å². The summed E-state index contributed by atoms with van der Waals surface area (Å²) in [4.78, 5) is 31.1. The van der Waals surface area contributed by atoms with Gasteiger partial charge in [0.2, 0.25) is 11.8 Å². The fourth-order valence-corrected chi connectivity index (χ4v) is 4.65. The Morgan fingerprint density at radius 3 is 2.59 bits per heavy atom. The minimum Gasteiger partial charge on any atom is -0.355 e. The minimum atomic E-state index is -0.133. The van der Waals surface area contributed by atoms with Crippen LogP contribution in [0.25, 0.3) is 0 Å². The summed E-state index contributed by atoms with van der Waals surface area (Å²) in [6, 6.07) is 9.56. The molecule has 2 amide bonds. The molecular formula is C22H30N4O2S. The number of hydrogen-bond donors (Lipinski definition) is 2. The third-order valence-electron chi connectivity index (χ3n) is 5.01. The highest BCUT2D eigenvalue weighted by molar-refractivity contribution is 7.13. The number of thiazole rings is 1. The monoisotopic (exact) mass is 414 g/mol. The Hall–Kier alpha value is -2.25. The number of likely N-dealkylation sites (tertiary alicyclic amines) is 1. The van der Waals surface area contributed by atoms with E-state index in [4.69, 9.17) is 0 Å². The Balaban J connectivity index is 1.37. The Bertz CT molecular complexity index is 798. The van der Waals surface area contributed by atoms with Gasteiger partial charge in [0, 0.05) is 38.0 Å². The first-order valence-corrected chi connectivity index (χ1v) is 11.1. The van der Waals surface area contributed by atoms with Crippen LogP contribution < -0.4 is 10.6 Å². The number of piperidine rings is 1. The molecule has 0 radical (unpaired) electrons. The molecule has 0 unspecified atom stereocenters. The van der Waals surface area contributed by atoms with Crippen LogP contribution in [0, 0.1) is 11.8 Å². The van der Waals surface area contributed by atoms with Crippen LogP contribution in [0.1, 0.15) is 37.9 Å². The van der Waals surface area contributed by atoms with Crippen molar-refractivity contribution in [2.45, 2.75) is 39.7 Å². The normalized spacial score (nSPS) is 19.7. The third kappa shape index (κ3) is 7.25. The van der Waals surface area contributed by atoms with E-state index in [1.807, 2.05) is 35.7 Å².